The molecule has 1 amide bonds. The van der Waals surface area contributed by atoms with E-state index >= 15 is 0 Å². The van der Waals surface area contributed by atoms with Crippen molar-refractivity contribution < 1.29 is 14.3 Å². The van der Waals surface area contributed by atoms with Gasteiger partial charge >= 0.3 is 0 Å². The summed E-state index contributed by atoms with van der Waals surface area (Å²) in [5.74, 6) is 1.18. The van der Waals surface area contributed by atoms with Crippen LogP contribution >= 0.6 is 11.3 Å². The maximum absolute atomic E-state index is 11.8. The second kappa shape index (κ2) is 5.32. The van der Waals surface area contributed by atoms with Gasteiger partial charge in [0.2, 0.25) is 0 Å². The molecule has 2 aromatic heterocycles. The van der Waals surface area contributed by atoms with Crippen molar-refractivity contribution in [2.45, 2.75) is 19.9 Å². The Balaban J connectivity index is 2.13. The minimum atomic E-state index is -0.290. The SMILES string of the molecule is Cc1ccc(-c2nc(C(=O)NC(C)CO)cs2)o1. The number of aromatic nitrogens is 1. The second-order valence-corrected chi connectivity index (χ2v) is 4.86. The fourth-order valence-corrected chi connectivity index (χ4v) is 2.14. The molecule has 2 N–H and O–H groups in total. The summed E-state index contributed by atoms with van der Waals surface area (Å²) in [6.45, 7) is 3.48. The zero-order valence-electron chi connectivity index (χ0n) is 10.1. The molecule has 0 aliphatic rings. The van der Waals surface area contributed by atoms with Gasteiger partial charge < -0.3 is 14.8 Å². The van der Waals surface area contributed by atoms with Crippen LogP contribution in [0.15, 0.2) is 21.9 Å². The Kier molecular flexibility index (Phi) is 3.78. The molecule has 1 atom stereocenters. The fourth-order valence-electron chi connectivity index (χ4n) is 1.38. The molecule has 18 heavy (non-hydrogen) atoms. The molecule has 5 nitrogen and oxygen atoms in total. The number of aliphatic hydroxyl groups is 1. The monoisotopic (exact) mass is 266 g/mol. The highest BCUT2D eigenvalue weighted by molar-refractivity contribution is 7.13. The molecule has 0 saturated carbocycles. The van der Waals surface area contributed by atoms with Gasteiger partial charge in [0.1, 0.15) is 11.5 Å². The lowest BCUT2D eigenvalue weighted by atomic mass is 10.3. The van der Waals surface area contributed by atoms with Crippen molar-refractivity contribution in [1.29, 1.82) is 0 Å². The van der Waals surface area contributed by atoms with Gasteiger partial charge in [0, 0.05) is 11.4 Å². The van der Waals surface area contributed by atoms with E-state index in [0.29, 0.717) is 16.5 Å². The number of amides is 1. The number of rotatable bonds is 4. The van der Waals surface area contributed by atoms with E-state index in [4.69, 9.17) is 9.52 Å². The fraction of sp³-hybridized carbons (Fsp3) is 0.333. The molecule has 0 saturated heterocycles. The van der Waals surface area contributed by atoms with Gasteiger partial charge in [-0.3, -0.25) is 4.79 Å². The van der Waals surface area contributed by atoms with E-state index in [1.165, 1.54) is 11.3 Å². The van der Waals surface area contributed by atoms with Crippen LogP contribution < -0.4 is 5.32 Å². The van der Waals surface area contributed by atoms with Crippen molar-refractivity contribution in [2.24, 2.45) is 0 Å². The molecule has 2 aromatic rings. The molecular formula is C12H14N2O3S. The Morgan fingerprint density at radius 1 is 1.61 bits per heavy atom. The van der Waals surface area contributed by atoms with E-state index < -0.39 is 0 Å². The number of aryl methyl sites for hydroxylation is 1. The van der Waals surface area contributed by atoms with Crippen LogP contribution in [0, 0.1) is 6.92 Å². The third-order valence-electron chi connectivity index (χ3n) is 2.34. The second-order valence-electron chi connectivity index (χ2n) is 4.01. The van der Waals surface area contributed by atoms with Crippen LogP contribution in [0.1, 0.15) is 23.2 Å². The van der Waals surface area contributed by atoms with Crippen LogP contribution in [0.4, 0.5) is 0 Å². The first kappa shape index (κ1) is 12.8. The predicted octanol–water partition coefficient (Wildman–Crippen LogP) is 1.82. The molecule has 0 fully saturated rings. The number of aliphatic hydroxyl groups excluding tert-OH is 1. The first-order valence-corrected chi connectivity index (χ1v) is 6.42. The maximum Gasteiger partial charge on any atom is 0.271 e. The van der Waals surface area contributed by atoms with E-state index in [1.807, 2.05) is 19.1 Å². The average molecular weight is 266 g/mol. The van der Waals surface area contributed by atoms with Crippen LogP contribution in [0.2, 0.25) is 0 Å². The van der Waals surface area contributed by atoms with E-state index in [2.05, 4.69) is 10.3 Å². The standard InChI is InChI=1S/C12H14N2O3S/c1-7(5-15)13-11(16)9-6-18-12(14-9)10-4-3-8(2)17-10/h3-4,6-7,15H,5H2,1-2H3,(H,13,16). The summed E-state index contributed by atoms with van der Waals surface area (Å²) < 4.78 is 5.44. The van der Waals surface area contributed by atoms with Gasteiger partial charge in [-0.05, 0) is 26.0 Å². The molecule has 0 aromatic carbocycles. The van der Waals surface area contributed by atoms with Crippen molar-refractivity contribution in [3.8, 4) is 10.8 Å². The van der Waals surface area contributed by atoms with Crippen LogP contribution in [0.3, 0.4) is 0 Å². The van der Waals surface area contributed by atoms with Crippen LogP contribution in [0.25, 0.3) is 10.8 Å². The number of hydrogen-bond acceptors (Lipinski definition) is 5. The summed E-state index contributed by atoms with van der Waals surface area (Å²) in [7, 11) is 0. The number of carbonyl (C=O) groups is 1. The minimum absolute atomic E-state index is 0.0971. The molecule has 1 unspecified atom stereocenters. The molecule has 0 aliphatic carbocycles. The molecular weight excluding hydrogens is 252 g/mol. The van der Waals surface area contributed by atoms with Crippen molar-refractivity contribution in [1.82, 2.24) is 10.3 Å². The summed E-state index contributed by atoms with van der Waals surface area (Å²) in [5, 5.41) is 13.9. The molecule has 96 valence electrons. The first-order chi connectivity index (χ1) is 8.60. The van der Waals surface area contributed by atoms with Crippen molar-refractivity contribution in [2.75, 3.05) is 6.61 Å². The maximum atomic E-state index is 11.8. The highest BCUT2D eigenvalue weighted by atomic mass is 32.1. The molecule has 0 aliphatic heterocycles. The van der Waals surface area contributed by atoms with Crippen LogP contribution in [-0.4, -0.2) is 28.6 Å². The van der Waals surface area contributed by atoms with Crippen molar-refractivity contribution >= 4 is 17.2 Å². The van der Waals surface area contributed by atoms with E-state index in [1.54, 1.807) is 12.3 Å². The molecule has 2 rings (SSSR count). The van der Waals surface area contributed by atoms with Gasteiger partial charge in [0.25, 0.3) is 5.91 Å². The third-order valence-corrected chi connectivity index (χ3v) is 3.20. The smallest absolute Gasteiger partial charge is 0.271 e. The van der Waals surface area contributed by atoms with Gasteiger partial charge in [0.05, 0.1) is 6.61 Å². The largest absolute Gasteiger partial charge is 0.459 e. The Labute approximate surface area is 108 Å². The summed E-state index contributed by atoms with van der Waals surface area (Å²) in [6.07, 6.45) is 0. The molecule has 6 heteroatoms. The van der Waals surface area contributed by atoms with Gasteiger partial charge in [-0.1, -0.05) is 0 Å². The highest BCUT2D eigenvalue weighted by Crippen LogP contribution is 2.25. The number of nitrogens with one attached hydrogen (secondary N) is 1. The average Bonchev–Trinajstić information content (AvgIpc) is 2.96. The quantitative estimate of drug-likeness (QED) is 0.885. The highest BCUT2D eigenvalue weighted by Gasteiger charge is 2.15. The summed E-state index contributed by atoms with van der Waals surface area (Å²) in [6, 6.07) is 3.39. The number of furan rings is 1. The van der Waals surface area contributed by atoms with Crippen LogP contribution in [0.5, 0.6) is 0 Å². The van der Waals surface area contributed by atoms with Gasteiger partial charge in [-0.2, -0.15) is 0 Å². The zero-order valence-corrected chi connectivity index (χ0v) is 11.0. The number of nitrogens with zero attached hydrogens (tertiary/aromatic N) is 1. The van der Waals surface area contributed by atoms with E-state index in [9.17, 15) is 4.79 Å². The summed E-state index contributed by atoms with van der Waals surface area (Å²) in [4.78, 5) is 16.0. The summed E-state index contributed by atoms with van der Waals surface area (Å²) >= 11 is 1.35. The van der Waals surface area contributed by atoms with E-state index in [-0.39, 0.29) is 18.6 Å². The number of hydrogen-bond donors (Lipinski definition) is 2. The predicted molar refractivity (Wildman–Crippen MR) is 68.6 cm³/mol. The Hall–Kier alpha value is -1.66. The Morgan fingerprint density at radius 3 is 3.00 bits per heavy atom. The Morgan fingerprint density at radius 2 is 2.39 bits per heavy atom. The topological polar surface area (TPSA) is 75.4 Å². The first-order valence-electron chi connectivity index (χ1n) is 5.54. The lowest BCUT2D eigenvalue weighted by Gasteiger charge is -2.08. The van der Waals surface area contributed by atoms with Gasteiger partial charge in [0.15, 0.2) is 10.8 Å². The van der Waals surface area contributed by atoms with Crippen molar-refractivity contribution in [3.05, 3.63) is 29.0 Å². The lowest BCUT2D eigenvalue weighted by molar-refractivity contribution is 0.0918. The van der Waals surface area contributed by atoms with Crippen molar-refractivity contribution in [3.63, 3.8) is 0 Å². The normalized spacial score (nSPS) is 12.4. The minimum Gasteiger partial charge on any atom is -0.459 e. The molecule has 2 heterocycles. The zero-order chi connectivity index (χ0) is 13.1. The number of carbonyl (C=O) groups excluding carboxylic acids is 1. The molecule has 0 radical (unpaired) electrons. The number of thiazole rings is 1. The molecule has 0 spiro atoms. The van der Waals surface area contributed by atoms with E-state index in [0.717, 1.165) is 5.76 Å². The van der Waals surface area contributed by atoms with Gasteiger partial charge in [-0.15, -0.1) is 11.3 Å². The summed E-state index contributed by atoms with van der Waals surface area (Å²) in [5.41, 5.74) is 0.337. The molecule has 0 bridgehead atoms. The third kappa shape index (κ3) is 2.77. The van der Waals surface area contributed by atoms with Crippen LogP contribution in [-0.2, 0) is 0 Å². The lowest BCUT2D eigenvalue weighted by Crippen LogP contribution is -2.35. The Bertz CT molecular complexity index is 547. The van der Waals surface area contributed by atoms with Gasteiger partial charge in [-0.25, -0.2) is 4.98 Å².